The normalized spacial score (nSPS) is 14.5. The molecule has 0 saturated heterocycles. The van der Waals surface area contributed by atoms with Crippen LogP contribution in [0.15, 0.2) is 65.8 Å². The van der Waals surface area contributed by atoms with Crippen LogP contribution in [0.5, 0.6) is 0 Å². The van der Waals surface area contributed by atoms with Gasteiger partial charge in [0.1, 0.15) is 5.69 Å². The highest BCUT2D eigenvalue weighted by atomic mass is 16.2. The Kier molecular flexibility index (Phi) is 4.31. The molecule has 0 aliphatic carbocycles. The molecule has 5 nitrogen and oxygen atoms in total. The van der Waals surface area contributed by atoms with Gasteiger partial charge in [-0.2, -0.15) is 5.10 Å². The summed E-state index contributed by atoms with van der Waals surface area (Å²) in [7, 11) is 4.00. The number of rotatable bonds is 4. The number of nitrogens with zero attached hydrogens (tertiary/aromatic N) is 4. The van der Waals surface area contributed by atoms with Gasteiger partial charge in [-0.25, -0.2) is 5.01 Å². The molecule has 0 fully saturated rings. The molecule has 2 heterocycles. The fraction of sp³-hybridized carbons (Fsp3) is 0.238. The summed E-state index contributed by atoms with van der Waals surface area (Å²) in [5.74, 6) is -0.0472. The first-order chi connectivity index (χ1) is 12.6. The first kappa shape index (κ1) is 16.5. The minimum absolute atomic E-state index is 0.0472. The Balaban J connectivity index is 1.84. The summed E-state index contributed by atoms with van der Waals surface area (Å²) in [6.07, 6.45) is 0. The summed E-state index contributed by atoms with van der Waals surface area (Å²) < 4.78 is 2.08. The number of fused-ring (bicyclic) bond motifs is 3. The second-order valence-corrected chi connectivity index (χ2v) is 6.82. The first-order valence-corrected chi connectivity index (χ1v) is 8.81. The predicted octanol–water partition coefficient (Wildman–Crippen LogP) is 3.06. The summed E-state index contributed by atoms with van der Waals surface area (Å²) in [6, 6.07) is 20.2. The first-order valence-electron chi connectivity index (χ1n) is 8.81. The van der Waals surface area contributed by atoms with Crippen molar-refractivity contribution >= 4 is 22.5 Å². The van der Waals surface area contributed by atoms with E-state index in [-0.39, 0.29) is 5.91 Å². The number of carbonyl (C=O) groups excluding carboxylic acids is 1. The molecule has 0 radical (unpaired) electrons. The topological polar surface area (TPSA) is 40.8 Å². The molecule has 3 aromatic rings. The van der Waals surface area contributed by atoms with Crippen LogP contribution >= 0.6 is 0 Å². The van der Waals surface area contributed by atoms with Gasteiger partial charge in [0.2, 0.25) is 0 Å². The van der Waals surface area contributed by atoms with E-state index in [9.17, 15) is 4.79 Å². The number of carbonyl (C=O) groups is 1. The van der Waals surface area contributed by atoms with Gasteiger partial charge in [0.05, 0.1) is 18.8 Å². The van der Waals surface area contributed by atoms with Crippen LogP contribution in [0.2, 0.25) is 0 Å². The molecule has 0 atom stereocenters. The van der Waals surface area contributed by atoms with Crippen LogP contribution in [0.1, 0.15) is 16.1 Å². The molecular formula is C21H22N4O. The van der Waals surface area contributed by atoms with Crippen LogP contribution < -0.4 is 0 Å². The molecule has 0 spiro atoms. The van der Waals surface area contributed by atoms with Crippen LogP contribution in [-0.2, 0) is 6.54 Å². The fourth-order valence-electron chi connectivity index (χ4n) is 3.29. The third kappa shape index (κ3) is 3.02. The number of hydrazone groups is 1. The van der Waals surface area contributed by atoms with E-state index in [0.29, 0.717) is 18.8 Å². The minimum atomic E-state index is -0.0472. The van der Waals surface area contributed by atoms with Gasteiger partial charge in [0, 0.05) is 17.4 Å². The number of hydrogen-bond donors (Lipinski definition) is 0. The molecule has 1 aliphatic rings. The van der Waals surface area contributed by atoms with Crippen molar-refractivity contribution in [2.45, 2.75) is 6.54 Å². The van der Waals surface area contributed by atoms with Crippen LogP contribution in [0.25, 0.3) is 10.9 Å². The average Bonchev–Trinajstić information content (AvgIpc) is 2.96. The number of aromatic nitrogens is 1. The molecule has 0 bridgehead atoms. The average molecular weight is 346 g/mol. The van der Waals surface area contributed by atoms with Gasteiger partial charge in [-0.1, -0.05) is 48.5 Å². The molecule has 1 amide bonds. The number of likely N-dealkylation sites (N-methyl/N-ethyl adjacent to an activating group) is 1. The minimum Gasteiger partial charge on any atom is -0.330 e. The Hall–Kier alpha value is -2.92. The number of para-hydroxylation sites is 1. The summed E-state index contributed by atoms with van der Waals surface area (Å²) in [5.41, 5.74) is 3.70. The molecule has 1 aliphatic heterocycles. The van der Waals surface area contributed by atoms with Crippen molar-refractivity contribution in [3.05, 3.63) is 71.9 Å². The van der Waals surface area contributed by atoms with E-state index in [1.165, 1.54) is 0 Å². The standard InChI is InChI=1S/C21H22N4O/c1-23(2)12-13-25-21(26)20-14-17-10-6-7-11-19(17)24(20)15-18(22-25)16-8-4-3-5-9-16/h3-11,14H,12-13,15H2,1-2H3. The molecule has 2 aromatic carbocycles. The molecule has 4 rings (SSSR count). The quantitative estimate of drug-likeness (QED) is 0.728. The highest BCUT2D eigenvalue weighted by molar-refractivity contribution is 6.06. The highest BCUT2D eigenvalue weighted by Gasteiger charge is 2.26. The Morgan fingerprint density at radius 3 is 2.54 bits per heavy atom. The number of amides is 1. The summed E-state index contributed by atoms with van der Waals surface area (Å²) in [4.78, 5) is 15.2. The van der Waals surface area contributed by atoms with E-state index >= 15 is 0 Å². The van der Waals surface area contributed by atoms with Crippen molar-refractivity contribution in [2.75, 3.05) is 27.2 Å². The van der Waals surface area contributed by atoms with Crippen molar-refractivity contribution < 1.29 is 4.79 Å². The molecule has 0 N–H and O–H groups in total. The molecule has 132 valence electrons. The summed E-state index contributed by atoms with van der Waals surface area (Å²) in [5, 5.41) is 7.44. The van der Waals surface area contributed by atoms with E-state index in [0.717, 1.165) is 28.7 Å². The Morgan fingerprint density at radius 1 is 1.04 bits per heavy atom. The van der Waals surface area contributed by atoms with Crippen LogP contribution in [0.3, 0.4) is 0 Å². The van der Waals surface area contributed by atoms with Crippen molar-refractivity contribution in [2.24, 2.45) is 5.10 Å². The SMILES string of the molecule is CN(C)CCN1N=C(c2ccccc2)Cn2c(cc3ccccc32)C1=O. The largest absolute Gasteiger partial charge is 0.330 e. The zero-order valence-electron chi connectivity index (χ0n) is 15.1. The molecular weight excluding hydrogens is 324 g/mol. The zero-order valence-corrected chi connectivity index (χ0v) is 15.1. The van der Waals surface area contributed by atoms with Gasteiger partial charge in [-0.15, -0.1) is 0 Å². The third-order valence-corrected chi connectivity index (χ3v) is 4.68. The van der Waals surface area contributed by atoms with E-state index in [2.05, 4.69) is 15.5 Å². The third-order valence-electron chi connectivity index (χ3n) is 4.68. The lowest BCUT2D eigenvalue weighted by Gasteiger charge is -2.18. The maximum absolute atomic E-state index is 13.2. The van der Waals surface area contributed by atoms with Crippen molar-refractivity contribution in [3.63, 3.8) is 0 Å². The van der Waals surface area contributed by atoms with Crippen molar-refractivity contribution in [1.29, 1.82) is 0 Å². The molecule has 1 aromatic heterocycles. The van der Waals surface area contributed by atoms with E-state index in [4.69, 9.17) is 5.10 Å². The van der Waals surface area contributed by atoms with E-state index in [1.54, 1.807) is 5.01 Å². The Bertz CT molecular complexity index is 972. The Labute approximate surface area is 153 Å². The van der Waals surface area contributed by atoms with Crippen LogP contribution in [-0.4, -0.2) is 53.3 Å². The van der Waals surface area contributed by atoms with E-state index in [1.807, 2.05) is 68.7 Å². The van der Waals surface area contributed by atoms with Crippen LogP contribution in [0.4, 0.5) is 0 Å². The predicted molar refractivity (Wildman–Crippen MR) is 105 cm³/mol. The van der Waals surface area contributed by atoms with Gasteiger partial charge in [-0.05, 0) is 31.8 Å². The monoisotopic (exact) mass is 346 g/mol. The van der Waals surface area contributed by atoms with Crippen molar-refractivity contribution in [1.82, 2.24) is 14.5 Å². The van der Waals surface area contributed by atoms with Gasteiger partial charge < -0.3 is 9.47 Å². The lowest BCUT2D eigenvalue weighted by atomic mass is 10.1. The lowest BCUT2D eigenvalue weighted by molar-refractivity contribution is 0.0745. The number of benzene rings is 2. The van der Waals surface area contributed by atoms with Gasteiger partial charge >= 0.3 is 0 Å². The van der Waals surface area contributed by atoms with Gasteiger partial charge in [-0.3, -0.25) is 4.79 Å². The summed E-state index contributed by atoms with van der Waals surface area (Å²) in [6.45, 7) is 1.90. The summed E-state index contributed by atoms with van der Waals surface area (Å²) >= 11 is 0. The Morgan fingerprint density at radius 2 is 1.77 bits per heavy atom. The maximum Gasteiger partial charge on any atom is 0.290 e. The zero-order chi connectivity index (χ0) is 18.1. The fourth-order valence-corrected chi connectivity index (χ4v) is 3.29. The second-order valence-electron chi connectivity index (χ2n) is 6.82. The highest BCUT2D eigenvalue weighted by Crippen LogP contribution is 2.24. The second kappa shape index (κ2) is 6.77. The molecule has 26 heavy (non-hydrogen) atoms. The van der Waals surface area contributed by atoms with Crippen LogP contribution in [0, 0.1) is 0 Å². The molecule has 0 saturated carbocycles. The van der Waals surface area contributed by atoms with Gasteiger partial charge in [0.15, 0.2) is 0 Å². The molecule has 5 heteroatoms. The maximum atomic E-state index is 13.2. The van der Waals surface area contributed by atoms with Crippen molar-refractivity contribution in [3.8, 4) is 0 Å². The molecule has 0 unspecified atom stereocenters. The smallest absolute Gasteiger partial charge is 0.290 e. The van der Waals surface area contributed by atoms with E-state index < -0.39 is 0 Å². The lowest BCUT2D eigenvalue weighted by Crippen LogP contribution is -2.33. The van der Waals surface area contributed by atoms with Gasteiger partial charge in [0.25, 0.3) is 5.91 Å². The number of hydrogen-bond acceptors (Lipinski definition) is 3.